The molecule has 0 bridgehead atoms. The summed E-state index contributed by atoms with van der Waals surface area (Å²) in [5, 5.41) is 15.8. The molecule has 4 aromatic rings. The highest BCUT2D eigenvalue weighted by Crippen LogP contribution is 2.18. The Morgan fingerprint density at radius 3 is 2.81 bits per heavy atom. The molecule has 0 aliphatic rings. The molecule has 2 heterocycles. The Bertz CT molecular complexity index is 1020. The normalized spacial score (nSPS) is 10.5. The van der Waals surface area contributed by atoms with E-state index in [0.717, 1.165) is 11.4 Å². The minimum atomic E-state index is -0.218. The maximum atomic E-state index is 12.5. The van der Waals surface area contributed by atoms with E-state index in [2.05, 4.69) is 25.8 Å². The fraction of sp³-hybridized carbons (Fsp3) is 0.0556. The van der Waals surface area contributed by atoms with Gasteiger partial charge in [0.05, 0.1) is 16.9 Å². The average molecular weight is 378 g/mol. The summed E-state index contributed by atoms with van der Waals surface area (Å²) < 4.78 is 7.23. The van der Waals surface area contributed by atoms with Crippen molar-refractivity contribution in [1.29, 1.82) is 0 Å². The molecule has 8 nitrogen and oxygen atoms in total. The predicted molar refractivity (Wildman–Crippen MR) is 100.0 cm³/mol. The number of amides is 1. The number of carbonyl (C=O) groups excluding carboxylic acids is 1. The third-order valence-corrected chi connectivity index (χ3v) is 4.34. The maximum Gasteiger partial charge on any atom is 0.255 e. The average Bonchev–Trinajstić information content (AvgIpc) is 3.41. The summed E-state index contributed by atoms with van der Waals surface area (Å²) in [7, 11) is 0. The van der Waals surface area contributed by atoms with E-state index in [4.69, 9.17) is 4.74 Å². The first-order chi connectivity index (χ1) is 13.3. The van der Waals surface area contributed by atoms with Crippen molar-refractivity contribution in [2.24, 2.45) is 0 Å². The van der Waals surface area contributed by atoms with Gasteiger partial charge in [0.25, 0.3) is 5.91 Å². The van der Waals surface area contributed by atoms with Gasteiger partial charge in [-0.2, -0.15) is 0 Å². The lowest BCUT2D eigenvalue weighted by atomic mass is 10.2. The van der Waals surface area contributed by atoms with Crippen LogP contribution < -0.4 is 10.1 Å². The van der Waals surface area contributed by atoms with E-state index in [1.807, 2.05) is 23.6 Å². The molecule has 0 saturated carbocycles. The van der Waals surface area contributed by atoms with Crippen molar-refractivity contribution < 1.29 is 9.53 Å². The lowest BCUT2D eigenvalue weighted by Gasteiger charge is -2.08. The number of nitrogens with one attached hydrogen (secondary N) is 1. The molecule has 4 rings (SSSR count). The highest BCUT2D eigenvalue weighted by atomic mass is 32.1. The number of carbonyl (C=O) groups is 1. The van der Waals surface area contributed by atoms with Crippen molar-refractivity contribution >= 4 is 22.9 Å². The molecule has 0 spiro atoms. The van der Waals surface area contributed by atoms with Crippen LogP contribution in [0.15, 0.2) is 65.7 Å². The number of hydrogen-bond acceptors (Lipinski definition) is 7. The van der Waals surface area contributed by atoms with E-state index in [1.54, 1.807) is 35.8 Å². The zero-order chi connectivity index (χ0) is 18.5. The van der Waals surface area contributed by atoms with Gasteiger partial charge in [-0.05, 0) is 52.9 Å². The summed E-state index contributed by atoms with van der Waals surface area (Å²) >= 11 is 1.52. The Kier molecular flexibility index (Phi) is 4.84. The number of rotatable bonds is 6. The van der Waals surface area contributed by atoms with Crippen LogP contribution in [0, 0.1) is 0 Å². The van der Waals surface area contributed by atoms with Crippen molar-refractivity contribution in [3.63, 3.8) is 0 Å². The van der Waals surface area contributed by atoms with Gasteiger partial charge in [-0.15, -0.1) is 16.4 Å². The largest absolute Gasteiger partial charge is 0.487 e. The monoisotopic (exact) mass is 378 g/mol. The Morgan fingerprint density at radius 1 is 1.19 bits per heavy atom. The SMILES string of the molecule is O=C(Nc1ccc(-n2cnnn2)cc1)c1cccc(OCc2cscn2)c1. The van der Waals surface area contributed by atoms with Crippen LogP contribution in [0.25, 0.3) is 5.69 Å². The molecule has 2 aromatic heterocycles. The van der Waals surface area contributed by atoms with Gasteiger partial charge in [-0.1, -0.05) is 6.07 Å². The van der Waals surface area contributed by atoms with Crippen molar-refractivity contribution in [3.8, 4) is 11.4 Å². The Hall–Kier alpha value is -3.59. The molecule has 27 heavy (non-hydrogen) atoms. The Balaban J connectivity index is 1.41. The molecule has 0 saturated heterocycles. The number of anilines is 1. The number of tetrazole rings is 1. The molecule has 9 heteroatoms. The zero-order valence-corrected chi connectivity index (χ0v) is 14.8. The predicted octanol–water partition coefficient (Wildman–Crippen LogP) is 2.95. The molecule has 134 valence electrons. The second-order valence-corrected chi connectivity index (χ2v) is 6.27. The number of thiazole rings is 1. The summed E-state index contributed by atoms with van der Waals surface area (Å²) in [6, 6.07) is 14.3. The van der Waals surface area contributed by atoms with Crippen molar-refractivity contribution in [1.82, 2.24) is 25.2 Å². The van der Waals surface area contributed by atoms with E-state index in [-0.39, 0.29) is 5.91 Å². The molecule has 0 unspecified atom stereocenters. The van der Waals surface area contributed by atoms with Crippen LogP contribution in [0.2, 0.25) is 0 Å². The molecule has 2 aromatic carbocycles. The quantitative estimate of drug-likeness (QED) is 0.554. The minimum Gasteiger partial charge on any atom is -0.487 e. The first-order valence-corrected chi connectivity index (χ1v) is 8.97. The van der Waals surface area contributed by atoms with Gasteiger partial charge in [0, 0.05) is 16.6 Å². The summed E-state index contributed by atoms with van der Waals surface area (Å²) in [6.07, 6.45) is 1.50. The first-order valence-electron chi connectivity index (χ1n) is 8.03. The second kappa shape index (κ2) is 7.75. The number of benzene rings is 2. The third kappa shape index (κ3) is 4.15. The van der Waals surface area contributed by atoms with Gasteiger partial charge in [-0.3, -0.25) is 4.79 Å². The van der Waals surface area contributed by atoms with Crippen molar-refractivity contribution in [2.75, 3.05) is 5.32 Å². The third-order valence-electron chi connectivity index (χ3n) is 3.71. The highest BCUT2D eigenvalue weighted by Gasteiger charge is 2.08. The fourth-order valence-electron chi connectivity index (χ4n) is 2.37. The number of aromatic nitrogens is 5. The minimum absolute atomic E-state index is 0.218. The summed E-state index contributed by atoms with van der Waals surface area (Å²) in [4.78, 5) is 16.7. The Labute approximate surface area is 158 Å². The van der Waals surface area contributed by atoms with Crippen LogP contribution in [-0.2, 0) is 6.61 Å². The number of hydrogen-bond donors (Lipinski definition) is 1. The van der Waals surface area contributed by atoms with Crippen LogP contribution in [0.3, 0.4) is 0 Å². The molecular weight excluding hydrogens is 364 g/mol. The Morgan fingerprint density at radius 2 is 2.07 bits per heavy atom. The van der Waals surface area contributed by atoms with Crippen LogP contribution in [-0.4, -0.2) is 31.1 Å². The summed E-state index contributed by atoms with van der Waals surface area (Å²) in [6.45, 7) is 0.368. The van der Waals surface area contributed by atoms with E-state index in [1.165, 1.54) is 22.3 Å². The smallest absolute Gasteiger partial charge is 0.255 e. The molecule has 1 amide bonds. The van der Waals surface area contributed by atoms with Crippen molar-refractivity contribution in [2.45, 2.75) is 6.61 Å². The summed E-state index contributed by atoms with van der Waals surface area (Å²) in [5.41, 5.74) is 4.60. The fourth-order valence-corrected chi connectivity index (χ4v) is 2.92. The van der Waals surface area contributed by atoms with Crippen LogP contribution in [0.4, 0.5) is 5.69 Å². The molecule has 1 N–H and O–H groups in total. The van der Waals surface area contributed by atoms with E-state index in [9.17, 15) is 4.79 Å². The van der Waals surface area contributed by atoms with Crippen molar-refractivity contribution in [3.05, 3.63) is 77.0 Å². The van der Waals surface area contributed by atoms with Crippen LogP contribution in [0.5, 0.6) is 5.75 Å². The highest BCUT2D eigenvalue weighted by molar-refractivity contribution is 7.07. The van der Waals surface area contributed by atoms with Crippen LogP contribution in [0.1, 0.15) is 16.1 Å². The molecular formula is C18H14N6O2S. The van der Waals surface area contributed by atoms with Gasteiger partial charge in [0.1, 0.15) is 18.7 Å². The number of ether oxygens (including phenoxy) is 1. The summed E-state index contributed by atoms with van der Waals surface area (Å²) in [5.74, 6) is 0.397. The van der Waals surface area contributed by atoms with Gasteiger partial charge in [-0.25, -0.2) is 9.67 Å². The van der Waals surface area contributed by atoms with Gasteiger partial charge in [0.15, 0.2) is 0 Å². The van der Waals surface area contributed by atoms with E-state index < -0.39 is 0 Å². The number of nitrogens with zero attached hydrogens (tertiary/aromatic N) is 5. The van der Waals surface area contributed by atoms with E-state index in [0.29, 0.717) is 23.6 Å². The molecule has 0 aliphatic heterocycles. The maximum absolute atomic E-state index is 12.5. The zero-order valence-electron chi connectivity index (χ0n) is 14.0. The van der Waals surface area contributed by atoms with Crippen LogP contribution >= 0.6 is 11.3 Å². The molecule has 0 aliphatic carbocycles. The van der Waals surface area contributed by atoms with Gasteiger partial charge < -0.3 is 10.1 Å². The lowest BCUT2D eigenvalue weighted by Crippen LogP contribution is -2.12. The molecule has 0 atom stereocenters. The molecule has 0 fully saturated rings. The first kappa shape index (κ1) is 16.9. The van der Waals surface area contributed by atoms with Gasteiger partial charge >= 0.3 is 0 Å². The standard InChI is InChI=1S/C18H14N6O2S/c25-18(21-14-4-6-16(7-5-14)24-11-20-22-23-24)13-2-1-3-17(8-13)26-9-15-10-27-12-19-15/h1-8,10-12H,9H2,(H,21,25). The molecule has 0 radical (unpaired) electrons. The topological polar surface area (TPSA) is 94.8 Å². The van der Waals surface area contributed by atoms with E-state index >= 15 is 0 Å². The lowest BCUT2D eigenvalue weighted by molar-refractivity contribution is 0.102. The second-order valence-electron chi connectivity index (χ2n) is 5.55. The van der Waals surface area contributed by atoms with Gasteiger partial charge in [0.2, 0.25) is 0 Å².